The van der Waals surface area contributed by atoms with Gasteiger partial charge in [-0.25, -0.2) is 13.4 Å². The summed E-state index contributed by atoms with van der Waals surface area (Å²) in [6.07, 6.45) is 1.56. The molecule has 3 aromatic carbocycles. The lowest BCUT2D eigenvalue weighted by atomic mass is 10.1. The van der Waals surface area contributed by atoms with Crippen LogP contribution in [-0.2, 0) is 16.6 Å². The van der Waals surface area contributed by atoms with Crippen LogP contribution in [0.2, 0.25) is 0 Å². The number of hydrogen-bond acceptors (Lipinski definition) is 4. The van der Waals surface area contributed by atoms with Crippen LogP contribution in [-0.4, -0.2) is 30.4 Å². The first-order chi connectivity index (χ1) is 17.4. The van der Waals surface area contributed by atoms with Crippen molar-refractivity contribution in [3.63, 3.8) is 0 Å². The number of aryl methyl sites for hydroxylation is 1. The minimum absolute atomic E-state index is 0.330. The Hall–Kier alpha value is -3.00. The molecular weight excluding hydrogens is 486 g/mol. The fraction of sp³-hybridized carbons (Fsp3) is 0.276. The first-order valence-corrected chi connectivity index (χ1v) is 14.7. The zero-order valence-corrected chi connectivity index (χ0v) is 22.7. The quantitative estimate of drug-likeness (QED) is 0.237. The molecule has 0 saturated heterocycles. The van der Waals surface area contributed by atoms with E-state index in [9.17, 15) is 8.42 Å². The van der Waals surface area contributed by atoms with Gasteiger partial charge in [0.2, 0.25) is 10.0 Å². The van der Waals surface area contributed by atoms with Gasteiger partial charge in [0.05, 0.1) is 22.8 Å². The molecule has 0 saturated carbocycles. The number of aromatic nitrogens is 1. The summed E-state index contributed by atoms with van der Waals surface area (Å²) in [7, 11) is -3.57. The van der Waals surface area contributed by atoms with Crippen LogP contribution in [0, 0.1) is 6.92 Å². The standard InChI is InChI=1S/C29H33N3O2S2/c1-4-18-31(19-5-2)36(33,34)27-13-9-10-25(20-27)28-22-35-29(30-26-11-7-6-8-12-26)32(28)21-24-16-14-23(3)15-17-24/h6-17,20,22H,4-5,18-19,21H2,1-3H3. The summed E-state index contributed by atoms with van der Waals surface area (Å²) in [5.41, 5.74) is 5.07. The smallest absolute Gasteiger partial charge is 0.243 e. The molecule has 1 aromatic heterocycles. The SMILES string of the molecule is CCCN(CCC)S(=O)(=O)c1cccc(-c2csc(=Nc3ccccc3)n2Cc2ccc(C)cc2)c1. The van der Waals surface area contributed by atoms with Gasteiger partial charge in [0.25, 0.3) is 0 Å². The third-order valence-corrected chi connectivity index (χ3v) is 8.71. The predicted molar refractivity (Wildman–Crippen MR) is 149 cm³/mol. The highest BCUT2D eigenvalue weighted by molar-refractivity contribution is 7.89. The number of sulfonamides is 1. The maximum atomic E-state index is 13.5. The van der Waals surface area contributed by atoms with E-state index >= 15 is 0 Å². The van der Waals surface area contributed by atoms with Gasteiger partial charge < -0.3 is 4.57 Å². The highest BCUT2D eigenvalue weighted by Crippen LogP contribution is 2.26. The first kappa shape index (κ1) is 26.1. The van der Waals surface area contributed by atoms with Crippen LogP contribution >= 0.6 is 11.3 Å². The molecule has 0 radical (unpaired) electrons. The molecule has 1 heterocycles. The van der Waals surface area contributed by atoms with E-state index in [4.69, 9.17) is 4.99 Å². The van der Waals surface area contributed by atoms with Crippen LogP contribution in [0.5, 0.6) is 0 Å². The van der Waals surface area contributed by atoms with Crippen molar-refractivity contribution in [3.8, 4) is 11.3 Å². The van der Waals surface area contributed by atoms with E-state index in [0.29, 0.717) is 24.5 Å². The van der Waals surface area contributed by atoms with Gasteiger partial charge >= 0.3 is 0 Å². The van der Waals surface area contributed by atoms with Crippen molar-refractivity contribution in [1.82, 2.24) is 8.87 Å². The van der Waals surface area contributed by atoms with Gasteiger partial charge in [0.1, 0.15) is 0 Å². The Morgan fingerprint density at radius 3 is 2.25 bits per heavy atom. The predicted octanol–water partition coefficient (Wildman–Crippen LogP) is 6.62. The molecule has 5 nitrogen and oxygen atoms in total. The molecule has 0 bridgehead atoms. The molecule has 0 atom stereocenters. The third kappa shape index (κ3) is 6.03. The second-order valence-corrected chi connectivity index (χ2v) is 11.6. The first-order valence-electron chi connectivity index (χ1n) is 12.4. The van der Waals surface area contributed by atoms with E-state index in [0.717, 1.165) is 40.2 Å². The third-order valence-electron chi connectivity index (χ3n) is 5.95. The Balaban J connectivity index is 1.81. The summed E-state index contributed by atoms with van der Waals surface area (Å²) < 4.78 is 30.7. The highest BCUT2D eigenvalue weighted by atomic mass is 32.2. The van der Waals surface area contributed by atoms with Crippen molar-refractivity contribution in [2.45, 2.75) is 45.1 Å². The van der Waals surface area contributed by atoms with Gasteiger partial charge in [-0.2, -0.15) is 4.31 Å². The summed E-state index contributed by atoms with van der Waals surface area (Å²) in [4.78, 5) is 6.10. The average Bonchev–Trinajstić information content (AvgIpc) is 3.27. The number of para-hydroxylation sites is 1. The van der Waals surface area contributed by atoms with Crippen LogP contribution in [0.3, 0.4) is 0 Å². The Morgan fingerprint density at radius 2 is 1.58 bits per heavy atom. The zero-order valence-electron chi connectivity index (χ0n) is 21.1. The van der Waals surface area contributed by atoms with Crippen LogP contribution in [0.1, 0.15) is 37.8 Å². The molecule has 4 aromatic rings. The van der Waals surface area contributed by atoms with E-state index in [-0.39, 0.29) is 0 Å². The summed E-state index contributed by atoms with van der Waals surface area (Å²) in [5, 5.41) is 2.07. The lowest BCUT2D eigenvalue weighted by molar-refractivity contribution is 0.410. The van der Waals surface area contributed by atoms with Gasteiger partial charge in [-0.05, 0) is 49.6 Å². The Bertz CT molecular complexity index is 1450. The van der Waals surface area contributed by atoms with E-state index < -0.39 is 10.0 Å². The highest BCUT2D eigenvalue weighted by Gasteiger charge is 2.24. The van der Waals surface area contributed by atoms with Gasteiger partial charge in [-0.3, -0.25) is 0 Å². The topological polar surface area (TPSA) is 54.7 Å². The second-order valence-electron chi connectivity index (χ2n) is 8.85. The molecule has 0 N–H and O–H groups in total. The Kier molecular flexibility index (Phi) is 8.56. The average molecular weight is 520 g/mol. The van der Waals surface area contributed by atoms with Gasteiger partial charge in [-0.15, -0.1) is 11.3 Å². The molecule has 7 heteroatoms. The molecule has 0 aliphatic carbocycles. The minimum Gasteiger partial charge on any atom is -0.312 e. The van der Waals surface area contributed by atoms with Crippen molar-refractivity contribution in [1.29, 1.82) is 0 Å². The molecule has 0 aliphatic rings. The Morgan fingerprint density at radius 1 is 0.889 bits per heavy atom. The molecule has 0 unspecified atom stereocenters. The minimum atomic E-state index is -3.57. The second kappa shape index (κ2) is 11.8. The normalized spacial score (nSPS) is 12.4. The van der Waals surface area contributed by atoms with E-state index in [1.807, 2.05) is 56.3 Å². The monoisotopic (exact) mass is 519 g/mol. The van der Waals surface area contributed by atoms with Crippen molar-refractivity contribution in [2.75, 3.05) is 13.1 Å². The number of benzene rings is 3. The summed E-state index contributed by atoms with van der Waals surface area (Å²) in [6.45, 7) is 7.77. The number of hydrogen-bond donors (Lipinski definition) is 0. The molecule has 0 spiro atoms. The molecular formula is C29H33N3O2S2. The maximum Gasteiger partial charge on any atom is 0.243 e. The molecule has 4 rings (SSSR count). The van der Waals surface area contributed by atoms with Crippen molar-refractivity contribution in [2.24, 2.45) is 4.99 Å². The number of nitrogens with zero attached hydrogens (tertiary/aromatic N) is 3. The van der Waals surface area contributed by atoms with Crippen molar-refractivity contribution >= 4 is 27.0 Å². The molecule has 0 amide bonds. The van der Waals surface area contributed by atoms with Crippen LogP contribution in [0.15, 0.2) is 94.1 Å². The van der Waals surface area contributed by atoms with E-state index in [1.54, 1.807) is 27.8 Å². The lowest BCUT2D eigenvalue weighted by Gasteiger charge is -2.21. The van der Waals surface area contributed by atoms with Crippen LogP contribution < -0.4 is 4.80 Å². The summed E-state index contributed by atoms with van der Waals surface area (Å²) in [6, 6.07) is 25.7. The largest absolute Gasteiger partial charge is 0.312 e. The van der Waals surface area contributed by atoms with Crippen molar-refractivity contribution < 1.29 is 8.42 Å². The Labute approximate surface area is 218 Å². The zero-order chi connectivity index (χ0) is 25.5. The molecule has 188 valence electrons. The van der Waals surface area contributed by atoms with Crippen LogP contribution in [0.4, 0.5) is 5.69 Å². The maximum absolute atomic E-state index is 13.5. The molecule has 0 fully saturated rings. The number of thiazole rings is 1. The number of rotatable bonds is 10. The van der Waals surface area contributed by atoms with Gasteiger partial charge in [-0.1, -0.05) is 74.0 Å². The van der Waals surface area contributed by atoms with Crippen molar-refractivity contribution in [3.05, 3.63) is 100 Å². The molecule has 0 aliphatic heterocycles. The summed E-state index contributed by atoms with van der Waals surface area (Å²) >= 11 is 1.56. The summed E-state index contributed by atoms with van der Waals surface area (Å²) in [5.74, 6) is 0. The van der Waals surface area contributed by atoms with E-state index in [1.165, 1.54) is 5.56 Å². The van der Waals surface area contributed by atoms with E-state index in [2.05, 4.69) is 41.1 Å². The van der Waals surface area contributed by atoms with Gasteiger partial charge in [0, 0.05) is 24.0 Å². The lowest BCUT2D eigenvalue weighted by Crippen LogP contribution is -2.32. The van der Waals surface area contributed by atoms with Crippen LogP contribution in [0.25, 0.3) is 11.3 Å². The molecule has 36 heavy (non-hydrogen) atoms. The fourth-order valence-corrected chi connectivity index (χ4v) is 6.71. The fourth-order valence-electron chi connectivity index (χ4n) is 4.11. The van der Waals surface area contributed by atoms with Gasteiger partial charge in [0.15, 0.2) is 4.80 Å².